The van der Waals surface area contributed by atoms with Gasteiger partial charge in [-0.15, -0.1) is 0 Å². The van der Waals surface area contributed by atoms with Crippen LogP contribution in [0.4, 0.5) is 0 Å². The molecule has 0 aromatic heterocycles. The average Bonchev–Trinajstić information content (AvgIpc) is 3.15. The molecule has 2 saturated carbocycles. The molecular formula is C23H30O4. The Morgan fingerprint density at radius 2 is 1.89 bits per heavy atom. The molecule has 0 heterocycles. The van der Waals surface area contributed by atoms with E-state index in [-0.39, 0.29) is 12.3 Å². The molecule has 4 nitrogen and oxygen atoms in total. The van der Waals surface area contributed by atoms with Crippen LogP contribution in [0.3, 0.4) is 0 Å². The smallest absolute Gasteiger partial charge is 0.303 e. The van der Waals surface area contributed by atoms with E-state index in [2.05, 4.69) is 18.2 Å². The van der Waals surface area contributed by atoms with Gasteiger partial charge >= 0.3 is 5.97 Å². The monoisotopic (exact) mass is 370 g/mol. The number of aliphatic hydroxyl groups excluding tert-OH is 2. The number of carboxylic acid groups (broad SMARTS) is 1. The van der Waals surface area contributed by atoms with Crippen LogP contribution < -0.4 is 0 Å². The van der Waals surface area contributed by atoms with Gasteiger partial charge in [0, 0.05) is 12.3 Å². The number of hydrogen-bond acceptors (Lipinski definition) is 3. The summed E-state index contributed by atoms with van der Waals surface area (Å²) in [7, 11) is 0. The molecule has 0 unspecified atom stereocenters. The van der Waals surface area contributed by atoms with E-state index < -0.39 is 12.1 Å². The van der Waals surface area contributed by atoms with Crippen molar-refractivity contribution in [2.45, 2.75) is 57.5 Å². The minimum absolute atomic E-state index is 0.157. The van der Waals surface area contributed by atoms with E-state index >= 15 is 0 Å². The number of aliphatic carboxylic acids is 1. The Morgan fingerprint density at radius 1 is 1.11 bits per heavy atom. The maximum absolute atomic E-state index is 10.6. The van der Waals surface area contributed by atoms with Crippen LogP contribution in [0.1, 0.15) is 50.5 Å². The molecule has 0 radical (unpaired) electrons. The van der Waals surface area contributed by atoms with Crippen molar-refractivity contribution in [2.24, 2.45) is 17.8 Å². The molecule has 4 heteroatoms. The van der Waals surface area contributed by atoms with Crippen molar-refractivity contribution < 1.29 is 20.1 Å². The van der Waals surface area contributed by atoms with Gasteiger partial charge in [0.1, 0.15) is 0 Å². The molecule has 146 valence electrons. The maximum Gasteiger partial charge on any atom is 0.303 e. The van der Waals surface area contributed by atoms with Crippen LogP contribution in [0.15, 0.2) is 53.8 Å². The van der Waals surface area contributed by atoms with Crippen LogP contribution in [0.5, 0.6) is 0 Å². The fraction of sp³-hybridized carbons (Fsp3) is 0.522. The number of fused-ring (bicyclic) bond motifs is 1. The van der Waals surface area contributed by atoms with Gasteiger partial charge in [0.15, 0.2) is 0 Å². The van der Waals surface area contributed by atoms with Crippen LogP contribution >= 0.6 is 0 Å². The number of aryl methyl sites for hydroxylation is 1. The minimum Gasteiger partial charge on any atom is -0.512 e. The van der Waals surface area contributed by atoms with Gasteiger partial charge in [0.2, 0.25) is 0 Å². The van der Waals surface area contributed by atoms with E-state index in [1.54, 1.807) is 0 Å². The fourth-order valence-electron chi connectivity index (χ4n) is 4.77. The number of allylic oxidation sites excluding steroid dienone is 3. The van der Waals surface area contributed by atoms with Crippen molar-refractivity contribution in [1.82, 2.24) is 0 Å². The zero-order valence-electron chi connectivity index (χ0n) is 15.8. The largest absolute Gasteiger partial charge is 0.512 e. The first kappa shape index (κ1) is 19.7. The van der Waals surface area contributed by atoms with E-state index in [4.69, 9.17) is 5.11 Å². The third-order valence-electron chi connectivity index (χ3n) is 6.05. The van der Waals surface area contributed by atoms with Gasteiger partial charge in [-0.2, -0.15) is 0 Å². The zero-order chi connectivity index (χ0) is 19.2. The maximum atomic E-state index is 10.6. The number of hydrogen-bond donors (Lipinski definition) is 3. The van der Waals surface area contributed by atoms with E-state index in [1.807, 2.05) is 24.3 Å². The summed E-state index contributed by atoms with van der Waals surface area (Å²) >= 11 is 0. The lowest BCUT2D eigenvalue weighted by Crippen LogP contribution is -2.21. The fourth-order valence-corrected chi connectivity index (χ4v) is 4.77. The summed E-state index contributed by atoms with van der Waals surface area (Å²) in [6, 6.07) is 10.2. The average molecular weight is 370 g/mol. The highest BCUT2D eigenvalue weighted by Gasteiger charge is 2.47. The molecule has 0 saturated heterocycles. The molecule has 2 fully saturated rings. The third-order valence-corrected chi connectivity index (χ3v) is 6.05. The normalized spacial score (nSPS) is 29.2. The van der Waals surface area contributed by atoms with Crippen molar-refractivity contribution in [3.63, 3.8) is 0 Å². The number of benzene rings is 1. The molecule has 2 aliphatic rings. The lowest BCUT2D eigenvalue weighted by atomic mass is 9.89. The van der Waals surface area contributed by atoms with Gasteiger partial charge in [0.05, 0.1) is 11.9 Å². The number of unbranched alkanes of at least 4 members (excludes halogenated alkanes) is 1. The SMILES string of the molecule is O=C(O)CCC/C=C1/C[C@H]2C[C@@H](O)[C@H](/C(O)=C\CCc3ccccc3)[C@H]2C1. The van der Waals surface area contributed by atoms with Gasteiger partial charge in [-0.3, -0.25) is 4.79 Å². The number of aliphatic hydroxyl groups is 2. The third kappa shape index (κ3) is 5.23. The van der Waals surface area contributed by atoms with Crippen LogP contribution in [0.2, 0.25) is 0 Å². The Kier molecular flexibility index (Phi) is 6.73. The quantitative estimate of drug-likeness (QED) is 0.354. The van der Waals surface area contributed by atoms with E-state index in [1.165, 1.54) is 11.1 Å². The molecule has 0 spiro atoms. The first-order valence-electron chi connectivity index (χ1n) is 10.0. The molecule has 0 aliphatic heterocycles. The molecule has 4 atom stereocenters. The van der Waals surface area contributed by atoms with Crippen LogP contribution in [-0.2, 0) is 11.2 Å². The van der Waals surface area contributed by atoms with Gasteiger partial charge < -0.3 is 15.3 Å². The summed E-state index contributed by atoms with van der Waals surface area (Å²) < 4.78 is 0. The second-order valence-electron chi connectivity index (χ2n) is 7.96. The summed E-state index contributed by atoms with van der Waals surface area (Å²) in [6.07, 6.45) is 9.59. The highest BCUT2D eigenvalue weighted by molar-refractivity contribution is 5.66. The molecule has 0 amide bonds. The summed E-state index contributed by atoms with van der Waals surface area (Å²) in [4.78, 5) is 10.6. The molecule has 3 rings (SSSR count). The van der Waals surface area contributed by atoms with Gasteiger partial charge in [-0.1, -0.05) is 42.0 Å². The molecule has 27 heavy (non-hydrogen) atoms. The number of carboxylic acids is 1. The zero-order valence-corrected chi connectivity index (χ0v) is 15.8. The highest BCUT2D eigenvalue weighted by atomic mass is 16.4. The van der Waals surface area contributed by atoms with Gasteiger partial charge in [-0.05, 0) is 68.4 Å². The Bertz CT molecular complexity index is 692. The Hall–Kier alpha value is -2.07. The van der Waals surface area contributed by atoms with Crippen LogP contribution in [0, 0.1) is 17.8 Å². The van der Waals surface area contributed by atoms with Crippen molar-refractivity contribution in [2.75, 3.05) is 0 Å². The summed E-state index contributed by atoms with van der Waals surface area (Å²) in [5, 5.41) is 29.8. The second kappa shape index (κ2) is 9.23. The molecule has 1 aromatic carbocycles. The van der Waals surface area contributed by atoms with Crippen molar-refractivity contribution in [3.05, 3.63) is 59.4 Å². The van der Waals surface area contributed by atoms with Gasteiger partial charge in [0.25, 0.3) is 0 Å². The number of rotatable bonds is 8. The predicted octanol–water partition coefficient (Wildman–Crippen LogP) is 4.65. The van der Waals surface area contributed by atoms with Crippen molar-refractivity contribution in [3.8, 4) is 0 Å². The van der Waals surface area contributed by atoms with Crippen LogP contribution in [0.25, 0.3) is 0 Å². The molecule has 0 bridgehead atoms. The summed E-state index contributed by atoms with van der Waals surface area (Å²) in [6.45, 7) is 0. The number of carbonyl (C=O) groups is 1. The second-order valence-corrected chi connectivity index (χ2v) is 7.96. The lowest BCUT2D eigenvalue weighted by Gasteiger charge is -2.20. The van der Waals surface area contributed by atoms with E-state index in [9.17, 15) is 15.0 Å². The standard InChI is InChI=1S/C23H30O4/c24-20(11-6-10-16-7-2-1-3-8-16)23-19-14-17(9-4-5-12-22(26)27)13-18(19)15-21(23)25/h1-3,7-9,11,18-19,21,23-25H,4-6,10,12-15H2,(H,26,27)/b17-9-,20-11+/t18-,19-,21+,23-/m0/s1. The lowest BCUT2D eigenvalue weighted by molar-refractivity contribution is -0.137. The van der Waals surface area contributed by atoms with Crippen molar-refractivity contribution >= 4 is 5.97 Å². The predicted molar refractivity (Wildman–Crippen MR) is 105 cm³/mol. The Balaban J connectivity index is 1.55. The Morgan fingerprint density at radius 3 is 2.63 bits per heavy atom. The highest BCUT2D eigenvalue weighted by Crippen LogP contribution is 2.51. The molecular weight excluding hydrogens is 340 g/mol. The topological polar surface area (TPSA) is 77.8 Å². The molecule has 3 N–H and O–H groups in total. The van der Waals surface area contributed by atoms with Crippen LogP contribution in [-0.4, -0.2) is 27.4 Å². The van der Waals surface area contributed by atoms with E-state index in [0.29, 0.717) is 24.0 Å². The van der Waals surface area contributed by atoms with E-state index in [0.717, 1.165) is 38.5 Å². The minimum atomic E-state index is -0.745. The summed E-state index contributed by atoms with van der Waals surface area (Å²) in [5.41, 5.74) is 2.61. The van der Waals surface area contributed by atoms with Crippen molar-refractivity contribution in [1.29, 1.82) is 0 Å². The van der Waals surface area contributed by atoms with Gasteiger partial charge in [-0.25, -0.2) is 0 Å². The molecule has 2 aliphatic carbocycles. The summed E-state index contributed by atoms with van der Waals surface area (Å²) in [5.74, 6) is 0.179. The first-order chi connectivity index (χ1) is 13.0. The Labute approximate surface area is 161 Å². The molecule has 1 aromatic rings. The first-order valence-corrected chi connectivity index (χ1v) is 10.0.